The third-order valence-corrected chi connectivity index (χ3v) is 6.99. The Bertz CT molecular complexity index is 2200. The first kappa shape index (κ1) is 23.5. The van der Waals surface area contributed by atoms with Gasteiger partial charge in [0.05, 0.1) is 33.2 Å². The van der Waals surface area contributed by atoms with Crippen LogP contribution < -0.4 is 0 Å². The maximum atomic E-state index is 4.97. The molecule has 39 heavy (non-hydrogen) atoms. The van der Waals surface area contributed by atoms with Crippen LogP contribution >= 0.6 is 0 Å². The normalized spacial score (nSPS) is 11.4. The SMILES string of the molecule is [Ir].[c-]1ccc2ccc3nc4cccc5c4n3c2c1c1nc2ccccc2n51.[c-]1ccccc1-c1ccccn1. The Morgan fingerprint density at radius 2 is 1.44 bits per heavy atom. The summed E-state index contributed by atoms with van der Waals surface area (Å²) in [5.41, 5.74) is 10.3. The Balaban J connectivity index is 0.000000166. The van der Waals surface area contributed by atoms with Crippen molar-refractivity contribution in [2.24, 2.45) is 0 Å². The van der Waals surface area contributed by atoms with E-state index in [4.69, 9.17) is 9.97 Å². The van der Waals surface area contributed by atoms with Gasteiger partial charge in [-0.25, -0.2) is 4.98 Å². The number of hydrogen-bond acceptors (Lipinski definition) is 3. The van der Waals surface area contributed by atoms with E-state index in [9.17, 15) is 0 Å². The Morgan fingerprint density at radius 1 is 0.590 bits per heavy atom. The molecule has 0 unspecified atom stereocenters. The molecule has 5 aromatic heterocycles. The van der Waals surface area contributed by atoms with E-state index in [0.29, 0.717) is 0 Å². The second-order valence-electron chi connectivity index (χ2n) is 9.19. The zero-order chi connectivity index (χ0) is 25.1. The molecule has 0 aliphatic heterocycles. The molecule has 0 fully saturated rings. The van der Waals surface area contributed by atoms with Gasteiger partial charge in [0.2, 0.25) is 0 Å². The molecule has 0 N–H and O–H groups in total. The maximum absolute atomic E-state index is 4.97. The predicted molar refractivity (Wildman–Crippen MR) is 152 cm³/mol. The van der Waals surface area contributed by atoms with E-state index >= 15 is 0 Å². The predicted octanol–water partition coefficient (Wildman–Crippen LogP) is 7.38. The summed E-state index contributed by atoms with van der Waals surface area (Å²) >= 11 is 0. The zero-order valence-corrected chi connectivity index (χ0v) is 22.9. The number of imidazole rings is 2. The van der Waals surface area contributed by atoms with Gasteiger partial charge in [-0.05, 0) is 47.6 Å². The van der Waals surface area contributed by atoms with Crippen molar-refractivity contribution >= 4 is 55.2 Å². The van der Waals surface area contributed by atoms with E-state index in [0.717, 1.165) is 61.0 Å². The van der Waals surface area contributed by atoms with Crippen LogP contribution in [0.15, 0.2) is 115 Å². The fourth-order valence-corrected chi connectivity index (χ4v) is 5.37. The number of pyridine rings is 2. The van der Waals surface area contributed by atoms with Gasteiger partial charge >= 0.3 is 0 Å². The van der Waals surface area contributed by atoms with E-state index in [1.165, 1.54) is 5.39 Å². The molecule has 0 saturated heterocycles. The number of fused-ring (bicyclic) bond motifs is 5. The zero-order valence-electron chi connectivity index (χ0n) is 20.5. The quantitative estimate of drug-likeness (QED) is 0.171. The van der Waals surface area contributed by atoms with Gasteiger partial charge in [0.1, 0.15) is 5.65 Å². The molecule has 187 valence electrons. The van der Waals surface area contributed by atoms with Crippen LogP contribution in [-0.2, 0) is 20.1 Å². The molecule has 5 heterocycles. The van der Waals surface area contributed by atoms with Crippen LogP contribution in [0.5, 0.6) is 0 Å². The summed E-state index contributed by atoms with van der Waals surface area (Å²) in [7, 11) is 0. The standard InChI is InChI=1S/C22H11N4.C11H8N.Ir/c1-2-9-17-15(7-1)24-22-14-6-3-5-13-11-12-19-23-16-8-4-10-18(25(17)22)21(16)26(19)20(13)14;1-2-6-10(7-3-1)11-8-4-5-9-12-11;/h1-5,7-12H;1-6,8-9H;/q2*-1;. The van der Waals surface area contributed by atoms with Gasteiger partial charge < -0.3 is 13.8 Å². The third kappa shape index (κ3) is 3.61. The molecular formula is C33H19IrN5-2. The molecule has 0 atom stereocenters. The topological polar surface area (TPSA) is 47.5 Å². The monoisotopic (exact) mass is 678 g/mol. The summed E-state index contributed by atoms with van der Waals surface area (Å²) in [4.78, 5) is 14.0. The van der Waals surface area contributed by atoms with Crippen molar-refractivity contribution in [2.45, 2.75) is 0 Å². The van der Waals surface area contributed by atoms with Gasteiger partial charge in [-0.1, -0.05) is 47.2 Å². The minimum atomic E-state index is 0. The van der Waals surface area contributed by atoms with Crippen molar-refractivity contribution in [1.29, 1.82) is 0 Å². The summed E-state index contributed by atoms with van der Waals surface area (Å²) < 4.78 is 4.51. The molecule has 0 bridgehead atoms. The fourth-order valence-electron chi connectivity index (χ4n) is 5.37. The van der Waals surface area contributed by atoms with Crippen LogP contribution in [0.1, 0.15) is 0 Å². The molecule has 9 rings (SSSR count). The minimum absolute atomic E-state index is 0. The van der Waals surface area contributed by atoms with Crippen LogP contribution in [0.2, 0.25) is 0 Å². The van der Waals surface area contributed by atoms with Crippen molar-refractivity contribution in [3.8, 4) is 11.3 Å². The second-order valence-corrected chi connectivity index (χ2v) is 9.19. The molecule has 9 aromatic rings. The Hall–Kier alpha value is -4.64. The third-order valence-electron chi connectivity index (χ3n) is 6.99. The average molecular weight is 678 g/mol. The molecule has 4 aromatic carbocycles. The number of benzene rings is 4. The maximum Gasteiger partial charge on any atom is 0.129 e. The molecule has 0 saturated carbocycles. The van der Waals surface area contributed by atoms with E-state index < -0.39 is 0 Å². The largest absolute Gasteiger partial charge is 0.332 e. The summed E-state index contributed by atoms with van der Waals surface area (Å²) in [6.45, 7) is 0. The van der Waals surface area contributed by atoms with Gasteiger partial charge in [0.25, 0.3) is 0 Å². The molecule has 1 radical (unpaired) electrons. The Labute approximate surface area is 237 Å². The van der Waals surface area contributed by atoms with Crippen LogP contribution in [0.25, 0.3) is 66.4 Å². The van der Waals surface area contributed by atoms with E-state index in [-0.39, 0.29) is 20.1 Å². The number of nitrogens with zero attached hydrogens (tertiary/aromatic N) is 5. The molecule has 5 nitrogen and oxygen atoms in total. The van der Waals surface area contributed by atoms with Gasteiger partial charge in [-0.2, -0.15) is 0 Å². The number of hydrogen-bond donors (Lipinski definition) is 0. The first-order valence-corrected chi connectivity index (χ1v) is 12.5. The molecule has 0 aliphatic rings. The first-order chi connectivity index (χ1) is 18.9. The van der Waals surface area contributed by atoms with Gasteiger partial charge in [0.15, 0.2) is 0 Å². The molecular weight excluding hydrogens is 659 g/mol. The van der Waals surface area contributed by atoms with Crippen molar-refractivity contribution in [2.75, 3.05) is 0 Å². The molecule has 0 spiro atoms. The van der Waals surface area contributed by atoms with Crippen LogP contribution in [-0.4, -0.2) is 23.8 Å². The molecule has 0 aliphatic carbocycles. The van der Waals surface area contributed by atoms with Crippen LogP contribution in [0.3, 0.4) is 0 Å². The van der Waals surface area contributed by atoms with E-state index in [1.807, 2.05) is 54.6 Å². The average Bonchev–Trinajstić information content (AvgIpc) is 3.53. The number of aromatic nitrogens is 5. The van der Waals surface area contributed by atoms with Crippen molar-refractivity contribution in [1.82, 2.24) is 23.8 Å². The minimum Gasteiger partial charge on any atom is -0.332 e. The molecule has 6 heteroatoms. The van der Waals surface area contributed by atoms with Crippen molar-refractivity contribution in [3.63, 3.8) is 0 Å². The summed E-state index contributed by atoms with van der Waals surface area (Å²) in [6, 6.07) is 43.1. The van der Waals surface area contributed by atoms with Gasteiger partial charge in [-0.3, -0.25) is 4.98 Å². The van der Waals surface area contributed by atoms with Crippen LogP contribution in [0, 0.1) is 12.1 Å². The van der Waals surface area contributed by atoms with Gasteiger partial charge in [0, 0.05) is 26.3 Å². The summed E-state index contributed by atoms with van der Waals surface area (Å²) in [6.07, 6.45) is 1.79. The first-order valence-electron chi connectivity index (χ1n) is 12.5. The van der Waals surface area contributed by atoms with E-state index in [2.05, 4.69) is 80.5 Å². The van der Waals surface area contributed by atoms with Crippen molar-refractivity contribution in [3.05, 3.63) is 128 Å². The summed E-state index contributed by atoms with van der Waals surface area (Å²) in [5, 5.41) is 2.18. The number of rotatable bonds is 1. The second kappa shape index (κ2) is 9.28. The summed E-state index contributed by atoms with van der Waals surface area (Å²) in [5.74, 6) is 0. The van der Waals surface area contributed by atoms with Crippen LogP contribution in [0.4, 0.5) is 0 Å². The van der Waals surface area contributed by atoms with Crippen molar-refractivity contribution < 1.29 is 20.1 Å². The number of para-hydroxylation sites is 3. The Morgan fingerprint density at radius 3 is 2.31 bits per heavy atom. The van der Waals surface area contributed by atoms with E-state index in [1.54, 1.807) is 6.20 Å². The fraction of sp³-hybridized carbons (Fsp3) is 0. The van der Waals surface area contributed by atoms with Gasteiger partial charge in [-0.15, -0.1) is 54.1 Å². The Kier molecular flexibility index (Phi) is 5.58. The smallest absolute Gasteiger partial charge is 0.129 e. The molecule has 0 amide bonds.